The number of carbonyl (C=O) groups excluding carboxylic acids is 1. The van der Waals surface area contributed by atoms with Crippen LogP contribution in [0, 0.1) is 5.92 Å². The van der Waals surface area contributed by atoms with Gasteiger partial charge in [-0.2, -0.15) is 0 Å². The van der Waals surface area contributed by atoms with E-state index in [0.717, 1.165) is 24.7 Å². The van der Waals surface area contributed by atoms with Crippen molar-refractivity contribution < 1.29 is 9.53 Å². The summed E-state index contributed by atoms with van der Waals surface area (Å²) in [5.74, 6) is 0.665. The topological polar surface area (TPSA) is 29.5 Å². The van der Waals surface area contributed by atoms with Gasteiger partial charge in [0, 0.05) is 17.8 Å². The van der Waals surface area contributed by atoms with Crippen molar-refractivity contribution in [2.75, 3.05) is 18.5 Å². The summed E-state index contributed by atoms with van der Waals surface area (Å²) in [5, 5.41) is 0.814. The van der Waals surface area contributed by atoms with Crippen LogP contribution in [0.2, 0.25) is 0 Å². The highest BCUT2D eigenvalue weighted by Crippen LogP contribution is 2.32. The third-order valence-corrected chi connectivity index (χ3v) is 3.61. The van der Waals surface area contributed by atoms with E-state index < -0.39 is 0 Å². The van der Waals surface area contributed by atoms with Gasteiger partial charge in [0.15, 0.2) is 0 Å². The fourth-order valence-electron chi connectivity index (χ4n) is 1.78. The van der Waals surface area contributed by atoms with Gasteiger partial charge in [-0.3, -0.25) is 4.79 Å². The molecular weight excluding hydrogens is 246 g/mol. The number of rotatable bonds is 2. The largest absolute Gasteiger partial charge is 0.373 e. The van der Waals surface area contributed by atoms with E-state index in [-0.39, 0.29) is 12.1 Å². The molecular formula is C10H16BrNO2. The van der Waals surface area contributed by atoms with E-state index in [4.69, 9.17) is 4.74 Å². The number of carbonyl (C=O) groups is 1. The maximum absolute atomic E-state index is 11.9. The van der Waals surface area contributed by atoms with Crippen molar-refractivity contribution in [1.29, 1.82) is 0 Å². The molecule has 0 aromatic rings. The number of ether oxygens (including phenoxy) is 1. The van der Waals surface area contributed by atoms with Gasteiger partial charge in [-0.1, -0.05) is 15.9 Å². The summed E-state index contributed by atoms with van der Waals surface area (Å²) in [5.41, 5.74) is 0. The average Bonchev–Trinajstić information content (AvgIpc) is 3.01. The molecule has 2 fully saturated rings. The minimum atomic E-state index is 0.175. The Morgan fingerprint density at radius 2 is 2.29 bits per heavy atom. The fourth-order valence-corrected chi connectivity index (χ4v) is 2.17. The lowest BCUT2D eigenvalue weighted by atomic mass is 10.2. The zero-order valence-corrected chi connectivity index (χ0v) is 10.00. The second-order valence-electron chi connectivity index (χ2n) is 4.22. The monoisotopic (exact) mass is 261 g/mol. The van der Waals surface area contributed by atoms with Crippen LogP contribution in [0.5, 0.6) is 0 Å². The first-order valence-corrected chi connectivity index (χ1v) is 6.32. The lowest BCUT2D eigenvalue weighted by molar-refractivity contribution is -0.144. The van der Waals surface area contributed by atoms with E-state index in [9.17, 15) is 4.79 Å². The quantitative estimate of drug-likeness (QED) is 0.704. The van der Waals surface area contributed by atoms with Crippen molar-refractivity contribution in [1.82, 2.24) is 4.90 Å². The molecule has 80 valence electrons. The number of nitrogens with zero attached hydrogens (tertiary/aromatic N) is 1. The highest BCUT2D eigenvalue weighted by molar-refractivity contribution is 9.09. The molecule has 2 atom stereocenters. The molecule has 1 heterocycles. The molecule has 0 bridgehead atoms. The van der Waals surface area contributed by atoms with Crippen molar-refractivity contribution in [2.24, 2.45) is 5.92 Å². The Morgan fingerprint density at radius 1 is 1.57 bits per heavy atom. The molecule has 1 aliphatic heterocycles. The minimum Gasteiger partial charge on any atom is -0.373 e. The van der Waals surface area contributed by atoms with E-state index in [1.807, 2.05) is 4.90 Å². The molecule has 0 aromatic heterocycles. The summed E-state index contributed by atoms with van der Waals surface area (Å²) in [6.45, 7) is 3.49. The van der Waals surface area contributed by atoms with Crippen molar-refractivity contribution in [2.45, 2.75) is 31.9 Å². The van der Waals surface area contributed by atoms with Crippen LogP contribution >= 0.6 is 15.9 Å². The van der Waals surface area contributed by atoms with Crippen molar-refractivity contribution in [3.05, 3.63) is 0 Å². The van der Waals surface area contributed by atoms with E-state index in [2.05, 4.69) is 22.9 Å². The molecule has 2 aliphatic rings. The van der Waals surface area contributed by atoms with Gasteiger partial charge in [-0.05, 0) is 19.8 Å². The predicted octanol–water partition coefficient (Wildman–Crippen LogP) is 1.41. The van der Waals surface area contributed by atoms with Gasteiger partial charge in [0.25, 0.3) is 0 Å². The van der Waals surface area contributed by atoms with E-state index in [1.165, 1.54) is 0 Å². The van der Waals surface area contributed by atoms with Crippen LogP contribution in [0.15, 0.2) is 0 Å². The van der Waals surface area contributed by atoms with Crippen LogP contribution in [-0.2, 0) is 9.53 Å². The molecule has 1 amide bonds. The van der Waals surface area contributed by atoms with Gasteiger partial charge < -0.3 is 9.64 Å². The van der Waals surface area contributed by atoms with Gasteiger partial charge in [0.2, 0.25) is 5.91 Å². The maximum atomic E-state index is 11.9. The zero-order valence-electron chi connectivity index (χ0n) is 8.41. The molecule has 0 radical (unpaired) electrons. The summed E-state index contributed by atoms with van der Waals surface area (Å²) in [4.78, 5) is 13.9. The Morgan fingerprint density at radius 3 is 2.86 bits per heavy atom. The molecule has 0 aromatic carbocycles. The first kappa shape index (κ1) is 10.4. The number of hydrogen-bond donors (Lipinski definition) is 0. The molecule has 1 aliphatic carbocycles. The predicted molar refractivity (Wildman–Crippen MR) is 57.4 cm³/mol. The number of hydrogen-bond acceptors (Lipinski definition) is 2. The molecule has 2 unspecified atom stereocenters. The van der Waals surface area contributed by atoms with E-state index in [0.29, 0.717) is 18.4 Å². The highest BCUT2D eigenvalue weighted by atomic mass is 79.9. The van der Waals surface area contributed by atoms with Gasteiger partial charge in [-0.15, -0.1) is 0 Å². The first-order valence-electron chi connectivity index (χ1n) is 5.20. The number of halogens is 1. The average molecular weight is 262 g/mol. The third-order valence-electron chi connectivity index (χ3n) is 2.89. The standard InChI is InChI=1S/C10H16BrNO2/c1-7-6-14-9(4-11)5-12(7)10(13)8-2-3-8/h7-9H,2-6H2,1H3. The van der Waals surface area contributed by atoms with Crippen molar-refractivity contribution >= 4 is 21.8 Å². The number of morpholine rings is 1. The lowest BCUT2D eigenvalue weighted by Gasteiger charge is -2.37. The molecule has 14 heavy (non-hydrogen) atoms. The number of amides is 1. The fraction of sp³-hybridized carbons (Fsp3) is 0.900. The maximum Gasteiger partial charge on any atom is 0.226 e. The van der Waals surface area contributed by atoms with Gasteiger partial charge in [0.1, 0.15) is 0 Å². The highest BCUT2D eigenvalue weighted by Gasteiger charge is 2.37. The van der Waals surface area contributed by atoms with Crippen LogP contribution in [0.1, 0.15) is 19.8 Å². The van der Waals surface area contributed by atoms with Crippen LogP contribution in [0.4, 0.5) is 0 Å². The molecule has 0 spiro atoms. The minimum absolute atomic E-state index is 0.175. The van der Waals surface area contributed by atoms with E-state index >= 15 is 0 Å². The summed E-state index contributed by atoms with van der Waals surface area (Å²) in [6.07, 6.45) is 2.35. The van der Waals surface area contributed by atoms with Crippen molar-refractivity contribution in [3.8, 4) is 0 Å². The van der Waals surface area contributed by atoms with Crippen LogP contribution in [0.3, 0.4) is 0 Å². The summed E-state index contributed by atoms with van der Waals surface area (Å²) < 4.78 is 5.58. The summed E-state index contributed by atoms with van der Waals surface area (Å²) in [6, 6.07) is 0.249. The Bertz CT molecular complexity index is 230. The Balaban J connectivity index is 1.96. The molecule has 1 saturated heterocycles. The number of alkyl halides is 1. The molecule has 0 N–H and O–H groups in total. The first-order chi connectivity index (χ1) is 6.72. The normalized spacial score (nSPS) is 33.1. The molecule has 4 heteroatoms. The Kier molecular flexibility index (Phi) is 3.12. The Hall–Kier alpha value is -0.0900. The molecule has 2 rings (SSSR count). The Labute approximate surface area is 92.9 Å². The second kappa shape index (κ2) is 4.19. The second-order valence-corrected chi connectivity index (χ2v) is 4.87. The zero-order chi connectivity index (χ0) is 10.1. The van der Waals surface area contributed by atoms with Crippen molar-refractivity contribution in [3.63, 3.8) is 0 Å². The smallest absolute Gasteiger partial charge is 0.226 e. The van der Waals surface area contributed by atoms with Gasteiger partial charge in [-0.25, -0.2) is 0 Å². The van der Waals surface area contributed by atoms with E-state index in [1.54, 1.807) is 0 Å². The summed E-state index contributed by atoms with van der Waals surface area (Å²) in [7, 11) is 0. The van der Waals surface area contributed by atoms with Crippen LogP contribution in [-0.4, -0.2) is 41.4 Å². The van der Waals surface area contributed by atoms with Crippen LogP contribution in [0.25, 0.3) is 0 Å². The van der Waals surface area contributed by atoms with Gasteiger partial charge in [0.05, 0.1) is 18.8 Å². The lowest BCUT2D eigenvalue weighted by Crippen LogP contribution is -2.52. The molecule has 3 nitrogen and oxygen atoms in total. The van der Waals surface area contributed by atoms with Gasteiger partial charge >= 0.3 is 0 Å². The summed E-state index contributed by atoms with van der Waals surface area (Å²) >= 11 is 3.40. The third kappa shape index (κ3) is 2.11. The SMILES string of the molecule is CC1COC(CBr)CN1C(=O)C1CC1. The molecule has 1 saturated carbocycles. The van der Waals surface area contributed by atoms with Crippen LogP contribution < -0.4 is 0 Å².